The van der Waals surface area contributed by atoms with Crippen LogP contribution in [0.5, 0.6) is 0 Å². The number of benzene rings is 2. The highest BCUT2D eigenvalue weighted by Gasteiger charge is 2.46. The number of nitrogens with zero attached hydrogens (tertiary/aromatic N) is 4. The number of para-hydroxylation sites is 1. The second kappa shape index (κ2) is 8.57. The van der Waals surface area contributed by atoms with Gasteiger partial charge < -0.3 is 0 Å². The van der Waals surface area contributed by atoms with Gasteiger partial charge in [-0.15, -0.1) is 0 Å². The topological polar surface area (TPSA) is 53.4 Å². The molecule has 0 aliphatic carbocycles. The number of carbonyl (C=O) groups is 1. The van der Waals surface area contributed by atoms with Gasteiger partial charge in [0, 0.05) is 13.1 Å². The molecule has 1 aliphatic heterocycles. The van der Waals surface area contributed by atoms with Crippen LogP contribution in [-0.4, -0.2) is 33.6 Å². The molecule has 0 saturated heterocycles. The summed E-state index contributed by atoms with van der Waals surface area (Å²) < 4.78 is 5.61. The van der Waals surface area contributed by atoms with Crippen LogP contribution < -0.4 is 15.3 Å². The van der Waals surface area contributed by atoms with Crippen molar-refractivity contribution in [3.05, 3.63) is 64.3 Å². The zero-order chi connectivity index (χ0) is 22.3. The van der Waals surface area contributed by atoms with Gasteiger partial charge in [-0.25, -0.2) is 14.1 Å². The monoisotopic (exact) mass is 493 g/mol. The van der Waals surface area contributed by atoms with Crippen molar-refractivity contribution in [1.29, 1.82) is 0 Å². The Labute approximate surface area is 196 Å². The third-order valence-electron chi connectivity index (χ3n) is 5.27. The van der Waals surface area contributed by atoms with Gasteiger partial charge in [0.15, 0.2) is 0 Å². The Bertz CT molecular complexity index is 1200. The van der Waals surface area contributed by atoms with Gasteiger partial charge in [0.1, 0.15) is 12.2 Å². The molecule has 2 aromatic carbocycles. The summed E-state index contributed by atoms with van der Waals surface area (Å²) in [5.41, 5.74) is 2.26. The lowest BCUT2D eigenvalue weighted by Gasteiger charge is -2.44. The number of hydrogen-bond donors (Lipinski definition) is 1. The van der Waals surface area contributed by atoms with Crippen molar-refractivity contribution in [3.63, 3.8) is 0 Å². The number of aryl methyl sites for hydroxylation is 1. The lowest BCUT2D eigenvalue weighted by Crippen LogP contribution is -2.47. The van der Waals surface area contributed by atoms with Crippen LogP contribution in [0, 0.1) is 6.92 Å². The van der Waals surface area contributed by atoms with Crippen molar-refractivity contribution in [3.8, 4) is 5.69 Å². The molecular formula is C21H22Cl2N5OPS. The first-order valence-corrected chi connectivity index (χ1v) is 13.4. The predicted molar refractivity (Wildman–Crippen MR) is 133 cm³/mol. The molecule has 4 rings (SSSR count). The molecule has 2 heterocycles. The van der Waals surface area contributed by atoms with Crippen molar-refractivity contribution in [1.82, 2.24) is 14.5 Å². The number of hydrogen-bond acceptors (Lipinski definition) is 3. The van der Waals surface area contributed by atoms with Crippen LogP contribution in [0.3, 0.4) is 0 Å². The van der Waals surface area contributed by atoms with Gasteiger partial charge in [-0.3, -0.25) is 9.99 Å². The number of rotatable bonds is 5. The smallest absolute Gasteiger partial charge is 0.291 e. The molecule has 0 radical (unpaired) electrons. The number of fused-ring (bicyclic) bond motifs is 1. The molecule has 1 aliphatic rings. The van der Waals surface area contributed by atoms with Crippen molar-refractivity contribution >= 4 is 64.2 Å². The van der Waals surface area contributed by atoms with Gasteiger partial charge in [0.05, 0.1) is 32.4 Å². The lowest BCUT2D eigenvalue weighted by atomic mass is 10.3. The Morgan fingerprint density at radius 2 is 1.74 bits per heavy atom. The summed E-state index contributed by atoms with van der Waals surface area (Å²) in [6.07, 6.45) is -2.77. The highest BCUT2D eigenvalue weighted by Crippen LogP contribution is 2.59. The van der Waals surface area contributed by atoms with E-state index < -0.39 is 6.34 Å². The normalized spacial score (nSPS) is 18.3. The van der Waals surface area contributed by atoms with Gasteiger partial charge in [-0.1, -0.05) is 67.1 Å². The van der Waals surface area contributed by atoms with Crippen LogP contribution in [0.4, 0.5) is 16.3 Å². The number of urea groups is 1. The van der Waals surface area contributed by atoms with E-state index in [4.69, 9.17) is 40.1 Å². The number of amides is 2. The van der Waals surface area contributed by atoms with Gasteiger partial charge in [0.2, 0.25) is 0 Å². The first kappa shape index (κ1) is 22.3. The van der Waals surface area contributed by atoms with E-state index in [1.807, 2.05) is 51.1 Å². The fourth-order valence-electron chi connectivity index (χ4n) is 3.88. The Kier molecular flexibility index (Phi) is 6.16. The van der Waals surface area contributed by atoms with Crippen molar-refractivity contribution in [2.24, 2.45) is 0 Å². The summed E-state index contributed by atoms with van der Waals surface area (Å²) in [4.78, 5) is 13.5. The highest BCUT2D eigenvalue weighted by atomic mass is 35.5. The molecule has 2 amide bonds. The van der Waals surface area contributed by atoms with Crippen LogP contribution in [0.15, 0.2) is 48.5 Å². The first-order valence-electron chi connectivity index (χ1n) is 9.90. The minimum absolute atomic E-state index is 0.307. The fourth-order valence-corrected chi connectivity index (χ4v) is 9.15. The quantitative estimate of drug-likeness (QED) is 0.455. The predicted octanol–water partition coefficient (Wildman–Crippen LogP) is 5.82. The van der Waals surface area contributed by atoms with E-state index in [9.17, 15) is 4.79 Å². The van der Waals surface area contributed by atoms with Gasteiger partial charge >= 0.3 is 6.03 Å². The number of anilines is 2. The van der Waals surface area contributed by atoms with Gasteiger partial charge in [-0.05, 0) is 37.3 Å². The first-order chi connectivity index (χ1) is 14.8. The highest BCUT2D eigenvalue weighted by molar-refractivity contribution is 8.18. The number of nitrogens with one attached hydrogen (secondary N) is 1. The van der Waals surface area contributed by atoms with E-state index in [1.54, 1.807) is 27.6 Å². The molecule has 1 N–H and O–H groups in total. The van der Waals surface area contributed by atoms with Crippen LogP contribution in [0.25, 0.3) is 5.69 Å². The number of aromatic nitrogens is 2. The van der Waals surface area contributed by atoms with E-state index in [-0.39, 0.29) is 6.03 Å². The molecule has 6 nitrogen and oxygen atoms in total. The maximum Gasteiger partial charge on any atom is 0.332 e. The molecule has 1 aromatic heterocycles. The summed E-state index contributed by atoms with van der Waals surface area (Å²) >= 11 is 18.8. The molecule has 0 fully saturated rings. The number of halogens is 2. The second-order valence-corrected chi connectivity index (χ2v) is 11.9. The molecule has 0 bridgehead atoms. The minimum Gasteiger partial charge on any atom is -0.291 e. The third-order valence-corrected chi connectivity index (χ3v) is 11.1. The van der Waals surface area contributed by atoms with Gasteiger partial charge in [-0.2, -0.15) is 5.10 Å². The van der Waals surface area contributed by atoms with Crippen molar-refractivity contribution < 1.29 is 4.79 Å². The zero-order valence-electron chi connectivity index (χ0n) is 17.3. The molecular weight excluding hydrogens is 472 g/mol. The Morgan fingerprint density at radius 1 is 1.06 bits per heavy atom. The Balaban J connectivity index is 2.00. The third kappa shape index (κ3) is 3.59. The van der Waals surface area contributed by atoms with Crippen molar-refractivity contribution in [2.75, 3.05) is 23.1 Å². The summed E-state index contributed by atoms with van der Waals surface area (Å²) in [5, 5.41) is 9.47. The molecule has 0 unspecified atom stereocenters. The van der Waals surface area contributed by atoms with Gasteiger partial charge in [0.25, 0.3) is 0 Å². The Morgan fingerprint density at radius 3 is 2.35 bits per heavy atom. The largest absolute Gasteiger partial charge is 0.332 e. The molecule has 0 saturated carbocycles. The average Bonchev–Trinajstić information content (AvgIpc) is 3.08. The maximum absolute atomic E-state index is 13.5. The summed E-state index contributed by atoms with van der Waals surface area (Å²) in [6, 6.07) is 14.6. The summed E-state index contributed by atoms with van der Waals surface area (Å²) in [7, 11) is 0. The van der Waals surface area contributed by atoms with Crippen LogP contribution in [-0.2, 0) is 11.8 Å². The van der Waals surface area contributed by atoms with E-state index >= 15 is 0 Å². The van der Waals surface area contributed by atoms with Crippen LogP contribution >= 0.6 is 29.5 Å². The second-order valence-electron chi connectivity index (χ2n) is 7.05. The molecule has 10 heteroatoms. The molecule has 162 valence electrons. The standard InChI is InChI=1S/C21H22Cl2N5OPS/c1-4-26(5-2)30(31)19-14(3)25-27(15-9-7-6-8-10-15)20(19)24-21(29)28(30)16-11-12-17(22)18(23)13-16/h6-13H,4-5H2,1-3H3,(H,24,29)/t30-/m0/s1. The zero-order valence-corrected chi connectivity index (χ0v) is 20.6. The summed E-state index contributed by atoms with van der Waals surface area (Å²) in [6.45, 7) is 7.41. The maximum atomic E-state index is 13.5. The molecule has 3 aromatic rings. The van der Waals surface area contributed by atoms with E-state index in [0.29, 0.717) is 34.6 Å². The average molecular weight is 494 g/mol. The molecule has 31 heavy (non-hydrogen) atoms. The molecule has 0 spiro atoms. The summed E-state index contributed by atoms with van der Waals surface area (Å²) in [5.74, 6) is 0.625. The van der Waals surface area contributed by atoms with Crippen molar-refractivity contribution in [2.45, 2.75) is 20.8 Å². The minimum atomic E-state index is -2.77. The lowest BCUT2D eigenvalue weighted by molar-refractivity contribution is 0.259. The SMILES string of the molecule is CCN(CC)[P@@]1(=S)c2c(C)nn(-c3ccccc3)c2NC(=O)N1c1ccc(Cl)c(Cl)c1. The van der Waals surface area contributed by atoms with Crippen LogP contribution in [0.1, 0.15) is 19.5 Å². The molecule has 1 atom stereocenters. The van der Waals surface area contributed by atoms with E-state index in [2.05, 4.69) is 9.99 Å². The van der Waals surface area contributed by atoms with Crippen LogP contribution in [0.2, 0.25) is 10.0 Å². The fraction of sp³-hybridized carbons (Fsp3) is 0.238. The Hall–Kier alpha value is -1.89. The number of carbonyl (C=O) groups excluding carboxylic acids is 1. The van der Waals surface area contributed by atoms with E-state index in [1.165, 1.54) is 0 Å². The van der Waals surface area contributed by atoms with E-state index in [0.717, 1.165) is 16.7 Å².